The van der Waals surface area contributed by atoms with Gasteiger partial charge in [-0.3, -0.25) is 14.7 Å². The standard InChI is InChI=1S/C13H18N2O2/c1-13(2)11(12(16)17)5-8-15(13)9-10-3-6-14-7-4-10/h3-4,6-7,11H,5,8-9H2,1-2H3,(H,16,17). The molecular weight excluding hydrogens is 216 g/mol. The Kier molecular flexibility index (Phi) is 3.15. The van der Waals surface area contributed by atoms with E-state index < -0.39 is 5.97 Å². The first-order chi connectivity index (χ1) is 8.01. The van der Waals surface area contributed by atoms with E-state index in [1.807, 2.05) is 26.0 Å². The summed E-state index contributed by atoms with van der Waals surface area (Å²) in [7, 11) is 0. The van der Waals surface area contributed by atoms with Crippen LogP contribution in [0.5, 0.6) is 0 Å². The molecule has 1 atom stereocenters. The molecule has 0 amide bonds. The summed E-state index contributed by atoms with van der Waals surface area (Å²) in [5.41, 5.74) is 0.897. The highest BCUT2D eigenvalue weighted by molar-refractivity contribution is 5.72. The molecule has 0 spiro atoms. The molecule has 1 aliphatic heterocycles. The Morgan fingerprint density at radius 1 is 1.53 bits per heavy atom. The van der Waals surface area contributed by atoms with E-state index in [0.29, 0.717) is 0 Å². The number of hydrogen-bond acceptors (Lipinski definition) is 3. The van der Waals surface area contributed by atoms with E-state index in [9.17, 15) is 9.90 Å². The van der Waals surface area contributed by atoms with Crippen LogP contribution < -0.4 is 0 Å². The van der Waals surface area contributed by atoms with E-state index in [1.165, 1.54) is 5.56 Å². The largest absolute Gasteiger partial charge is 0.481 e. The number of likely N-dealkylation sites (tertiary alicyclic amines) is 1. The average molecular weight is 234 g/mol. The SMILES string of the molecule is CC1(C)C(C(=O)O)CCN1Cc1ccncc1. The van der Waals surface area contributed by atoms with Crippen LogP contribution in [0, 0.1) is 5.92 Å². The van der Waals surface area contributed by atoms with Crippen molar-refractivity contribution in [2.24, 2.45) is 5.92 Å². The topological polar surface area (TPSA) is 53.4 Å². The molecule has 0 aliphatic carbocycles. The molecule has 17 heavy (non-hydrogen) atoms. The molecule has 0 saturated carbocycles. The van der Waals surface area contributed by atoms with Crippen molar-refractivity contribution in [3.63, 3.8) is 0 Å². The zero-order valence-electron chi connectivity index (χ0n) is 10.3. The van der Waals surface area contributed by atoms with Crippen LogP contribution in [0.25, 0.3) is 0 Å². The number of nitrogens with zero attached hydrogens (tertiary/aromatic N) is 2. The third-order valence-electron chi connectivity index (χ3n) is 3.78. The lowest BCUT2D eigenvalue weighted by Crippen LogP contribution is -2.44. The molecule has 92 valence electrons. The first-order valence-electron chi connectivity index (χ1n) is 5.88. The van der Waals surface area contributed by atoms with Gasteiger partial charge in [-0.2, -0.15) is 0 Å². The van der Waals surface area contributed by atoms with Gasteiger partial charge in [0.15, 0.2) is 0 Å². The predicted octanol–water partition coefficient (Wildman–Crippen LogP) is 1.77. The number of carboxylic acid groups (broad SMARTS) is 1. The fraction of sp³-hybridized carbons (Fsp3) is 0.538. The van der Waals surface area contributed by atoms with Gasteiger partial charge in [0.05, 0.1) is 5.92 Å². The van der Waals surface area contributed by atoms with Crippen LogP contribution in [0.2, 0.25) is 0 Å². The molecule has 1 N–H and O–H groups in total. The molecule has 0 aromatic carbocycles. The number of pyridine rings is 1. The van der Waals surface area contributed by atoms with Gasteiger partial charge in [-0.05, 0) is 44.5 Å². The maximum Gasteiger partial charge on any atom is 0.308 e. The smallest absolute Gasteiger partial charge is 0.308 e. The molecule has 4 nitrogen and oxygen atoms in total. The molecule has 0 radical (unpaired) electrons. The van der Waals surface area contributed by atoms with Crippen molar-refractivity contribution in [2.45, 2.75) is 32.4 Å². The van der Waals surface area contributed by atoms with Crippen LogP contribution in [-0.4, -0.2) is 33.0 Å². The van der Waals surface area contributed by atoms with Crippen LogP contribution in [-0.2, 0) is 11.3 Å². The van der Waals surface area contributed by atoms with Gasteiger partial charge in [0.25, 0.3) is 0 Å². The molecular formula is C13H18N2O2. The lowest BCUT2D eigenvalue weighted by Gasteiger charge is -2.34. The fourth-order valence-corrected chi connectivity index (χ4v) is 2.56. The summed E-state index contributed by atoms with van der Waals surface area (Å²) in [6.45, 7) is 5.66. The van der Waals surface area contributed by atoms with E-state index >= 15 is 0 Å². The van der Waals surface area contributed by atoms with Gasteiger partial charge in [0, 0.05) is 24.5 Å². The van der Waals surface area contributed by atoms with Crippen molar-refractivity contribution in [1.29, 1.82) is 0 Å². The number of carbonyl (C=O) groups is 1. The zero-order valence-corrected chi connectivity index (χ0v) is 10.3. The van der Waals surface area contributed by atoms with Gasteiger partial charge < -0.3 is 5.11 Å². The van der Waals surface area contributed by atoms with Crippen LogP contribution in [0.3, 0.4) is 0 Å². The summed E-state index contributed by atoms with van der Waals surface area (Å²) >= 11 is 0. The summed E-state index contributed by atoms with van der Waals surface area (Å²) < 4.78 is 0. The molecule has 2 heterocycles. The molecule has 1 aliphatic rings. The molecule has 1 aromatic rings. The number of aliphatic carboxylic acids is 1. The molecule has 1 saturated heterocycles. The van der Waals surface area contributed by atoms with Crippen LogP contribution >= 0.6 is 0 Å². The third-order valence-corrected chi connectivity index (χ3v) is 3.78. The maximum absolute atomic E-state index is 11.2. The summed E-state index contributed by atoms with van der Waals surface area (Å²) in [4.78, 5) is 17.4. The quantitative estimate of drug-likeness (QED) is 0.866. The van der Waals surface area contributed by atoms with Gasteiger partial charge in [-0.15, -0.1) is 0 Å². The van der Waals surface area contributed by atoms with Gasteiger partial charge in [0.1, 0.15) is 0 Å². The second-order valence-corrected chi connectivity index (χ2v) is 5.11. The normalized spacial score (nSPS) is 23.8. The Hall–Kier alpha value is -1.42. The number of hydrogen-bond donors (Lipinski definition) is 1. The maximum atomic E-state index is 11.2. The van der Waals surface area contributed by atoms with Crippen molar-refractivity contribution in [3.05, 3.63) is 30.1 Å². The molecule has 0 bridgehead atoms. The number of rotatable bonds is 3. The lowest BCUT2D eigenvalue weighted by atomic mass is 9.88. The highest BCUT2D eigenvalue weighted by atomic mass is 16.4. The van der Waals surface area contributed by atoms with Gasteiger partial charge in [0.2, 0.25) is 0 Å². The van der Waals surface area contributed by atoms with Crippen molar-refractivity contribution in [1.82, 2.24) is 9.88 Å². The minimum Gasteiger partial charge on any atom is -0.481 e. The Morgan fingerprint density at radius 2 is 2.18 bits per heavy atom. The molecule has 1 unspecified atom stereocenters. The van der Waals surface area contributed by atoms with Crippen LogP contribution in [0.15, 0.2) is 24.5 Å². The van der Waals surface area contributed by atoms with E-state index in [2.05, 4.69) is 9.88 Å². The summed E-state index contributed by atoms with van der Waals surface area (Å²) in [6, 6.07) is 3.95. The average Bonchev–Trinajstić information content (AvgIpc) is 2.56. The minimum absolute atomic E-state index is 0.274. The van der Waals surface area contributed by atoms with E-state index in [1.54, 1.807) is 12.4 Å². The first-order valence-corrected chi connectivity index (χ1v) is 5.88. The Morgan fingerprint density at radius 3 is 2.71 bits per heavy atom. The molecule has 1 fully saturated rings. The Balaban J connectivity index is 2.11. The summed E-state index contributed by atoms with van der Waals surface area (Å²) in [5.74, 6) is -0.962. The molecule has 2 rings (SSSR count). The fourth-order valence-electron chi connectivity index (χ4n) is 2.56. The van der Waals surface area contributed by atoms with Gasteiger partial charge in [-0.1, -0.05) is 0 Å². The van der Waals surface area contributed by atoms with Crippen LogP contribution in [0.1, 0.15) is 25.8 Å². The van der Waals surface area contributed by atoms with E-state index in [0.717, 1.165) is 19.5 Å². The highest BCUT2D eigenvalue weighted by Crippen LogP contribution is 2.35. The van der Waals surface area contributed by atoms with Gasteiger partial charge >= 0.3 is 5.97 Å². The first kappa shape index (κ1) is 12.0. The zero-order chi connectivity index (χ0) is 12.5. The third kappa shape index (κ3) is 2.31. The van der Waals surface area contributed by atoms with Crippen molar-refractivity contribution >= 4 is 5.97 Å². The number of carboxylic acids is 1. The minimum atomic E-state index is -0.688. The van der Waals surface area contributed by atoms with Crippen LogP contribution in [0.4, 0.5) is 0 Å². The predicted molar refractivity (Wildman–Crippen MR) is 64.5 cm³/mol. The molecule has 4 heteroatoms. The summed E-state index contributed by atoms with van der Waals surface area (Å²) in [6.07, 6.45) is 4.27. The second kappa shape index (κ2) is 4.45. The number of aromatic nitrogens is 1. The Bertz CT molecular complexity index is 403. The lowest BCUT2D eigenvalue weighted by molar-refractivity contribution is -0.144. The van der Waals surface area contributed by atoms with Crippen molar-refractivity contribution < 1.29 is 9.90 Å². The monoisotopic (exact) mass is 234 g/mol. The highest BCUT2D eigenvalue weighted by Gasteiger charge is 2.44. The van der Waals surface area contributed by atoms with E-state index in [-0.39, 0.29) is 11.5 Å². The summed E-state index contributed by atoms with van der Waals surface area (Å²) in [5, 5.41) is 9.20. The van der Waals surface area contributed by atoms with E-state index in [4.69, 9.17) is 0 Å². The molecule has 1 aromatic heterocycles. The Labute approximate surface area is 101 Å². The van der Waals surface area contributed by atoms with Crippen molar-refractivity contribution in [2.75, 3.05) is 6.54 Å². The second-order valence-electron chi connectivity index (χ2n) is 5.11. The van der Waals surface area contributed by atoms with Crippen molar-refractivity contribution in [3.8, 4) is 0 Å². The van der Waals surface area contributed by atoms with Gasteiger partial charge in [-0.25, -0.2) is 0 Å².